The smallest absolute Gasteiger partial charge is 0.387 e. The second-order valence-corrected chi connectivity index (χ2v) is 10.4. The molecule has 1 aliphatic carbocycles. The van der Waals surface area contributed by atoms with E-state index in [1.807, 2.05) is 0 Å². The summed E-state index contributed by atoms with van der Waals surface area (Å²) in [5, 5.41) is 7.72. The average molecular weight is 571 g/mol. The summed E-state index contributed by atoms with van der Waals surface area (Å²) in [4.78, 5) is 52.1. The Kier molecular flexibility index (Phi) is 9.13. The molecule has 1 saturated heterocycles. The van der Waals surface area contributed by atoms with E-state index >= 15 is 0 Å². The highest BCUT2D eigenvalue weighted by molar-refractivity contribution is 7.18. The fraction of sp³-hybridized carbons (Fsp3) is 0.417. The molecule has 38 heavy (non-hydrogen) atoms. The number of nitrogens with zero attached hydrogens (tertiary/aromatic N) is 1. The lowest BCUT2D eigenvalue weighted by Crippen LogP contribution is -2.52. The molecule has 3 N–H and O–H groups in total. The van der Waals surface area contributed by atoms with Gasteiger partial charge < -0.3 is 30.3 Å². The first kappa shape index (κ1) is 27.7. The lowest BCUT2D eigenvalue weighted by molar-refractivity contribution is -0.131. The van der Waals surface area contributed by atoms with Crippen LogP contribution in [0.25, 0.3) is 0 Å². The molecule has 4 rings (SSSR count). The molecule has 4 amide bonds. The number of carbonyl (C=O) groups excluding carboxylic acids is 4. The Hall–Kier alpha value is -3.29. The van der Waals surface area contributed by atoms with Crippen LogP contribution in [0.3, 0.4) is 0 Å². The van der Waals surface area contributed by atoms with Crippen LogP contribution in [0.4, 0.5) is 20.2 Å². The Balaban J connectivity index is 1.51. The minimum Gasteiger partial charge on any atom is -0.433 e. The molecule has 14 heteroatoms. The van der Waals surface area contributed by atoms with Crippen molar-refractivity contribution >= 4 is 57.9 Å². The van der Waals surface area contributed by atoms with E-state index < -0.39 is 24.5 Å². The van der Waals surface area contributed by atoms with Gasteiger partial charge in [0.05, 0.1) is 21.5 Å². The van der Waals surface area contributed by atoms with E-state index in [1.165, 1.54) is 29.2 Å². The van der Waals surface area contributed by atoms with Gasteiger partial charge in [0, 0.05) is 30.8 Å². The molecule has 2 aromatic rings. The maximum atomic E-state index is 13.2. The Bertz CT molecular complexity index is 1210. The van der Waals surface area contributed by atoms with Crippen molar-refractivity contribution in [1.82, 2.24) is 10.6 Å². The molecule has 0 unspecified atom stereocenters. The fourth-order valence-corrected chi connectivity index (χ4v) is 4.83. The van der Waals surface area contributed by atoms with Gasteiger partial charge in [0.1, 0.15) is 12.6 Å². The fourth-order valence-electron chi connectivity index (χ4n) is 3.87. The number of thiophene rings is 1. The molecule has 2 aliphatic rings. The van der Waals surface area contributed by atoms with Gasteiger partial charge in [0.25, 0.3) is 11.8 Å². The second-order valence-electron chi connectivity index (χ2n) is 8.65. The van der Waals surface area contributed by atoms with Crippen molar-refractivity contribution in [2.75, 3.05) is 36.5 Å². The number of carbonyl (C=O) groups is 4. The maximum Gasteiger partial charge on any atom is 0.387 e. The standard InChI is InChI=1S/C24H25ClF2N4O6S/c25-19-7-6-18(38-19)23(35)28-11-16(30-21(33)13-2-1-3-13)22(34)29-15-5-4-14(10-17(15)37-24(26)27)31-8-9-36-12-20(31)32/h4-7,10,13,16,24H,1-3,8-9,11-12H2,(H,28,35)(H,29,34)(H,30,33)/t16-/m1/s1. The molecule has 0 bridgehead atoms. The molecule has 1 saturated carbocycles. The van der Waals surface area contributed by atoms with Gasteiger partial charge >= 0.3 is 6.61 Å². The van der Waals surface area contributed by atoms with Gasteiger partial charge in [-0.1, -0.05) is 18.0 Å². The van der Waals surface area contributed by atoms with Gasteiger partial charge in [0.2, 0.25) is 11.8 Å². The molecule has 2 fully saturated rings. The van der Waals surface area contributed by atoms with Crippen molar-refractivity contribution in [3.63, 3.8) is 0 Å². The zero-order valence-electron chi connectivity index (χ0n) is 20.0. The highest BCUT2D eigenvalue weighted by atomic mass is 35.5. The molecule has 1 aliphatic heterocycles. The molecular formula is C24H25ClF2N4O6S. The monoisotopic (exact) mass is 570 g/mol. The molecule has 10 nitrogen and oxygen atoms in total. The molecule has 2 heterocycles. The summed E-state index contributed by atoms with van der Waals surface area (Å²) in [5.74, 6) is -2.53. The van der Waals surface area contributed by atoms with Crippen molar-refractivity contribution < 1.29 is 37.4 Å². The second kappa shape index (κ2) is 12.5. The number of anilines is 2. The van der Waals surface area contributed by atoms with E-state index in [0.717, 1.165) is 17.8 Å². The topological polar surface area (TPSA) is 126 Å². The predicted octanol–water partition coefficient (Wildman–Crippen LogP) is 3.02. The number of alkyl halides is 2. The largest absolute Gasteiger partial charge is 0.433 e. The first-order valence-electron chi connectivity index (χ1n) is 11.8. The lowest BCUT2D eigenvalue weighted by atomic mass is 9.84. The number of ether oxygens (including phenoxy) is 2. The van der Waals surface area contributed by atoms with E-state index in [2.05, 4.69) is 20.7 Å². The molecule has 1 aromatic heterocycles. The van der Waals surface area contributed by atoms with Crippen LogP contribution in [0, 0.1) is 5.92 Å². The van der Waals surface area contributed by atoms with Crippen LogP contribution >= 0.6 is 22.9 Å². The summed E-state index contributed by atoms with van der Waals surface area (Å²) in [7, 11) is 0. The first-order valence-corrected chi connectivity index (χ1v) is 13.0. The number of amides is 4. The summed E-state index contributed by atoms with van der Waals surface area (Å²) in [6, 6.07) is 5.89. The Morgan fingerprint density at radius 1 is 1.21 bits per heavy atom. The van der Waals surface area contributed by atoms with Crippen LogP contribution in [0.5, 0.6) is 5.75 Å². The van der Waals surface area contributed by atoms with Crippen molar-refractivity contribution in [1.29, 1.82) is 0 Å². The Morgan fingerprint density at radius 2 is 2.00 bits per heavy atom. The normalized spacial score (nSPS) is 16.5. The summed E-state index contributed by atoms with van der Waals surface area (Å²) in [5.41, 5.74) is 0.197. The van der Waals surface area contributed by atoms with Gasteiger partial charge in [0.15, 0.2) is 5.75 Å². The number of morpholine rings is 1. The molecule has 1 aromatic carbocycles. The van der Waals surface area contributed by atoms with E-state index in [0.29, 0.717) is 27.7 Å². The van der Waals surface area contributed by atoms with Gasteiger partial charge in [-0.05, 0) is 37.1 Å². The lowest BCUT2D eigenvalue weighted by Gasteiger charge is -2.28. The predicted molar refractivity (Wildman–Crippen MR) is 136 cm³/mol. The third-order valence-corrected chi connectivity index (χ3v) is 7.34. The number of rotatable bonds is 10. The van der Waals surface area contributed by atoms with Crippen molar-refractivity contribution in [3.05, 3.63) is 39.5 Å². The number of benzene rings is 1. The third kappa shape index (κ3) is 6.97. The minimum atomic E-state index is -3.20. The van der Waals surface area contributed by atoms with Crippen molar-refractivity contribution in [2.45, 2.75) is 31.9 Å². The van der Waals surface area contributed by atoms with Crippen LogP contribution in [-0.4, -0.2) is 62.6 Å². The van der Waals surface area contributed by atoms with E-state index in [1.54, 1.807) is 6.07 Å². The summed E-state index contributed by atoms with van der Waals surface area (Å²) >= 11 is 6.93. The number of halogens is 3. The molecule has 0 spiro atoms. The quantitative estimate of drug-likeness (QED) is 0.403. The zero-order chi connectivity index (χ0) is 27.2. The van der Waals surface area contributed by atoms with Gasteiger partial charge in [-0.3, -0.25) is 19.2 Å². The van der Waals surface area contributed by atoms with Crippen molar-refractivity contribution in [2.24, 2.45) is 5.92 Å². The SMILES string of the molecule is O=C(NC[C@@H](NC(=O)C1CCC1)C(=O)Nc1ccc(N2CCOCC2=O)cc1OC(F)F)c1ccc(Cl)s1. The van der Waals surface area contributed by atoms with Crippen molar-refractivity contribution in [3.8, 4) is 5.75 Å². The minimum absolute atomic E-state index is 0.0981. The van der Waals surface area contributed by atoms with Crippen LogP contribution in [0.15, 0.2) is 30.3 Å². The third-order valence-electron chi connectivity index (χ3n) is 6.11. The molecule has 1 atom stereocenters. The molecule has 204 valence electrons. The van der Waals surface area contributed by atoms with Crippen LogP contribution in [0.2, 0.25) is 4.34 Å². The number of nitrogens with one attached hydrogen (secondary N) is 3. The average Bonchev–Trinajstić information content (AvgIpc) is 3.28. The zero-order valence-corrected chi connectivity index (χ0v) is 21.6. The summed E-state index contributed by atoms with van der Waals surface area (Å²) < 4.78 is 36.5. The van der Waals surface area contributed by atoms with Gasteiger partial charge in [-0.25, -0.2) is 0 Å². The van der Waals surface area contributed by atoms with E-state index in [-0.39, 0.29) is 55.5 Å². The highest BCUT2D eigenvalue weighted by Crippen LogP contribution is 2.32. The van der Waals surface area contributed by atoms with Crippen LogP contribution in [0.1, 0.15) is 28.9 Å². The Labute approximate surface area is 225 Å². The van der Waals surface area contributed by atoms with Crippen LogP contribution < -0.4 is 25.6 Å². The Morgan fingerprint density at radius 3 is 2.63 bits per heavy atom. The van der Waals surface area contributed by atoms with E-state index in [9.17, 15) is 28.0 Å². The van der Waals surface area contributed by atoms with Gasteiger partial charge in [-0.15, -0.1) is 11.3 Å². The maximum absolute atomic E-state index is 13.2. The number of hydrogen-bond acceptors (Lipinski definition) is 7. The number of hydrogen-bond donors (Lipinski definition) is 3. The first-order chi connectivity index (χ1) is 18.2. The van der Waals surface area contributed by atoms with E-state index in [4.69, 9.17) is 16.3 Å². The van der Waals surface area contributed by atoms with Crippen LogP contribution in [-0.2, 0) is 19.1 Å². The molecule has 0 radical (unpaired) electrons. The molecular weight excluding hydrogens is 546 g/mol. The van der Waals surface area contributed by atoms with Gasteiger partial charge in [-0.2, -0.15) is 8.78 Å². The highest BCUT2D eigenvalue weighted by Gasteiger charge is 2.30. The summed E-state index contributed by atoms with van der Waals surface area (Å²) in [6.07, 6.45) is 2.28. The summed E-state index contributed by atoms with van der Waals surface area (Å²) in [6.45, 7) is -3.10.